The van der Waals surface area contributed by atoms with E-state index in [-0.39, 0.29) is 5.69 Å². The molecule has 0 bridgehead atoms. The number of rotatable bonds is 3. The lowest BCUT2D eigenvalue weighted by molar-refractivity contribution is 0.0723. The summed E-state index contributed by atoms with van der Waals surface area (Å²) in [5.74, 6) is -0.123. The first-order chi connectivity index (χ1) is 8.61. The number of halogens is 1. The van der Waals surface area contributed by atoms with E-state index in [0.717, 1.165) is 0 Å². The molecule has 6 heteroatoms. The van der Waals surface area contributed by atoms with Crippen LogP contribution in [-0.4, -0.2) is 15.7 Å². The highest BCUT2D eigenvalue weighted by Crippen LogP contribution is 2.18. The van der Waals surface area contributed by atoms with Crippen LogP contribution in [0.4, 0.5) is 5.69 Å². The van der Waals surface area contributed by atoms with Crippen molar-refractivity contribution in [3.63, 3.8) is 0 Å². The first-order valence-electron chi connectivity index (χ1n) is 5.41. The molecule has 0 aliphatic carbocycles. The number of ether oxygens (including phenoxy) is 1. The summed E-state index contributed by atoms with van der Waals surface area (Å²) in [4.78, 5) is 12.0. The fourth-order valence-electron chi connectivity index (χ4n) is 1.52. The molecular weight excluding hydrogens is 254 g/mol. The van der Waals surface area contributed by atoms with Gasteiger partial charge < -0.3 is 10.5 Å². The van der Waals surface area contributed by atoms with Crippen molar-refractivity contribution >= 4 is 23.3 Å². The van der Waals surface area contributed by atoms with Gasteiger partial charge in [-0.05, 0) is 31.2 Å². The van der Waals surface area contributed by atoms with E-state index in [1.54, 1.807) is 24.3 Å². The van der Waals surface area contributed by atoms with Crippen molar-refractivity contribution in [3.8, 4) is 5.75 Å². The van der Waals surface area contributed by atoms with E-state index in [9.17, 15) is 4.79 Å². The maximum atomic E-state index is 12.0. The van der Waals surface area contributed by atoms with Gasteiger partial charge in [0.25, 0.3) is 0 Å². The van der Waals surface area contributed by atoms with E-state index in [0.29, 0.717) is 23.0 Å². The molecule has 1 heterocycles. The standard InChI is InChI=1S/C12H12ClN3O2/c1-2-16-11(10(14)7-15-16)12(17)18-9-5-3-8(13)4-6-9/h3-7H,2,14H2,1H3. The number of carbonyl (C=O) groups is 1. The van der Waals surface area contributed by atoms with Crippen LogP contribution in [0.3, 0.4) is 0 Å². The number of benzene rings is 1. The molecule has 2 aromatic rings. The Morgan fingerprint density at radius 3 is 2.72 bits per heavy atom. The van der Waals surface area contributed by atoms with Crippen molar-refractivity contribution in [2.24, 2.45) is 0 Å². The van der Waals surface area contributed by atoms with Crippen molar-refractivity contribution in [1.29, 1.82) is 0 Å². The molecule has 0 unspecified atom stereocenters. The Labute approximate surface area is 109 Å². The third-order valence-corrected chi connectivity index (χ3v) is 2.64. The quantitative estimate of drug-likeness (QED) is 0.683. The van der Waals surface area contributed by atoms with Gasteiger partial charge in [0.15, 0.2) is 5.69 Å². The molecule has 2 N–H and O–H groups in total. The zero-order chi connectivity index (χ0) is 13.1. The SMILES string of the molecule is CCn1ncc(N)c1C(=O)Oc1ccc(Cl)cc1. The van der Waals surface area contributed by atoms with Crippen molar-refractivity contribution in [2.45, 2.75) is 13.5 Å². The average molecular weight is 266 g/mol. The van der Waals surface area contributed by atoms with Gasteiger partial charge >= 0.3 is 5.97 Å². The molecular formula is C12H12ClN3O2. The minimum atomic E-state index is -0.533. The summed E-state index contributed by atoms with van der Waals surface area (Å²) >= 11 is 5.75. The topological polar surface area (TPSA) is 70.1 Å². The Morgan fingerprint density at radius 1 is 1.44 bits per heavy atom. The summed E-state index contributed by atoms with van der Waals surface area (Å²) in [6.45, 7) is 2.41. The predicted octanol–water partition coefficient (Wildman–Crippen LogP) is 2.36. The molecule has 5 nitrogen and oxygen atoms in total. The van der Waals surface area contributed by atoms with Crippen LogP contribution < -0.4 is 10.5 Å². The average Bonchev–Trinajstić information content (AvgIpc) is 2.73. The summed E-state index contributed by atoms with van der Waals surface area (Å²) < 4.78 is 6.69. The molecule has 1 aromatic heterocycles. The normalized spacial score (nSPS) is 10.3. The molecule has 0 saturated carbocycles. The van der Waals surface area contributed by atoms with Crippen LogP contribution in [0.2, 0.25) is 5.02 Å². The number of aryl methyl sites for hydroxylation is 1. The minimum absolute atomic E-state index is 0.257. The summed E-state index contributed by atoms with van der Waals surface area (Å²) in [5, 5.41) is 4.56. The first kappa shape index (κ1) is 12.4. The van der Waals surface area contributed by atoms with E-state index in [1.165, 1.54) is 10.9 Å². The van der Waals surface area contributed by atoms with Gasteiger partial charge in [-0.15, -0.1) is 0 Å². The summed E-state index contributed by atoms with van der Waals surface area (Å²) in [5.41, 5.74) is 6.25. The van der Waals surface area contributed by atoms with Crippen LogP contribution in [0.1, 0.15) is 17.4 Å². The monoisotopic (exact) mass is 265 g/mol. The molecule has 18 heavy (non-hydrogen) atoms. The zero-order valence-electron chi connectivity index (χ0n) is 9.76. The molecule has 0 atom stereocenters. The van der Waals surface area contributed by atoms with E-state index >= 15 is 0 Å². The van der Waals surface area contributed by atoms with Gasteiger partial charge in [0.05, 0.1) is 11.9 Å². The van der Waals surface area contributed by atoms with E-state index in [4.69, 9.17) is 22.1 Å². The van der Waals surface area contributed by atoms with E-state index < -0.39 is 5.97 Å². The summed E-state index contributed by atoms with van der Waals surface area (Å²) in [6.07, 6.45) is 1.43. The maximum Gasteiger partial charge on any atom is 0.364 e. The van der Waals surface area contributed by atoms with Crippen LogP contribution in [0, 0.1) is 0 Å². The van der Waals surface area contributed by atoms with Gasteiger partial charge in [0.1, 0.15) is 5.75 Å². The number of aromatic nitrogens is 2. The van der Waals surface area contributed by atoms with Gasteiger partial charge in [0.2, 0.25) is 0 Å². The maximum absolute atomic E-state index is 12.0. The molecule has 94 valence electrons. The highest BCUT2D eigenvalue weighted by Gasteiger charge is 2.18. The number of nitrogen functional groups attached to an aromatic ring is 1. The van der Waals surface area contributed by atoms with Crippen molar-refractivity contribution in [1.82, 2.24) is 9.78 Å². The van der Waals surface area contributed by atoms with Crippen molar-refractivity contribution in [2.75, 3.05) is 5.73 Å². The zero-order valence-corrected chi connectivity index (χ0v) is 10.5. The van der Waals surface area contributed by atoms with E-state index in [1.807, 2.05) is 6.92 Å². The van der Waals surface area contributed by atoms with Crippen LogP contribution in [0.15, 0.2) is 30.5 Å². The molecule has 2 rings (SSSR count). The van der Waals surface area contributed by atoms with Crippen LogP contribution in [-0.2, 0) is 6.54 Å². The van der Waals surface area contributed by atoms with Gasteiger partial charge in [-0.1, -0.05) is 11.6 Å². The lowest BCUT2D eigenvalue weighted by Gasteiger charge is -2.06. The van der Waals surface area contributed by atoms with Gasteiger partial charge in [-0.25, -0.2) is 4.79 Å². The second kappa shape index (κ2) is 5.10. The smallest absolute Gasteiger partial charge is 0.364 e. The Hall–Kier alpha value is -2.01. The van der Waals surface area contributed by atoms with Crippen LogP contribution in [0.5, 0.6) is 5.75 Å². The number of nitrogens with zero attached hydrogens (tertiary/aromatic N) is 2. The molecule has 0 aliphatic heterocycles. The third kappa shape index (κ3) is 2.46. The Balaban J connectivity index is 2.21. The van der Waals surface area contributed by atoms with Gasteiger partial charge in [-0.2, -0.15) is 5.10 Å². The lowest BCUT2D eigenvalue weighted by Crippen LogP contribution is -2.16. The molecule has 0 aliphatic rings. The molecule has 0 spiro atoms. The fraction of sp³-hybridized carbons (Fsp3) is 0.167. The second-order valence-corrected chi connectivity index (χ2v) is 4.04. The summed E-state index contributed by atoms with van der Waals surface area (Å²) in [6, 6.07) is 6.52. The molecule has 0 fully saturated rings. The van der Waals surface area contributed by atoms with Crippen molar-refractivity contribution in [3.05, 3.63) is 41.2 Å². The number of nitrogens with two attached hydrogens (primary N) is 1. The van der Waals surface area contributed by atoms with Crippen molar-refractivity contribution < 1.29 is 9.53 Å². The molecule has 0 amide bonds. The van der Waals surface area contributed by atoms with Crippen LogP contribution >= 0.6 is 11.6 Å². The summed E-state index contributed by atoms with van der Waals surface area (Å²) in [7, 11) is 0. The fourth-order valence-corrected chi connectivity index (χ4v) is 1.65. The largest absolute Gasteiger partial charge is 0.422 e. The Kier molecular flexibility index (Phi) is 3.53. The third-order valence-electron chi connectivity index (χ3n) is 2.38. The lowest BCUT2D eigenvalue weighted by atomic mass is 10.3. The molecule has 0 radical (unpaired) electrons. The number of carbonyl (C=O) groups excluding carboxylic acids is 1. The first-order valence-corrected chi connectivity index (χ1v) is 5.78. The van der Waals surface area contributed by atoms with E-state index in [2.05, 4.69) is 5.10 Å². The number of hydrogen-bond donors (Lipinski definition) is 1. The number of hydrogen-bond acceptors (Lipinski definition) is 4. The minimum Gasteiger partial charge on any atom is -0.422 e. The Morgan fingerprint density at radius 2 is 2.11 bits per heavy atom. The second-order valence-electron chi connectivity index (χ2n) is 3.61. The number of esters is 1. The predicted molar refractivity (Wildman–Crippen MR) is 68.7 cm³/mol. The molecule has 1 aromatic carbocycles. The highest BCUT2D eigenvalue weighted by atomic mass is 35.5. The Bertz CT molecular complexity index is 563. The number of anilines is 1. The molecule has 0 saturated heterocycles. The van der Waals surface area contributed by atoms with Crippen LogP contribution in [0.25, 0.3) is 0 Å². The highest BCUT2D eigenvalue weighted by molar-refractivity contribution is 6.30. The van der Waals surface area contributed by atoms with Gasteiger partial charge in [-0.3, -0.25) is 4.68 Å². The van der Waals surface area contributed by atoms with Gasteiger partial charge in [0, 0.05) is 11.6 Å².